The highest BCUT2D eigenvalue weighted by Crippen LogP contribution is 2.42. The van der Waals surface area contributed by atoms with Crippen LogP contribution in [0.1, 0.15) is 45.1 Å². The summed E-state index contributed by atoms with van der Waals surface area (Å²) in [6.45, 7) is 6.54. The smallest absolute Gasteiger partial charge is 0.160 e. The molecule has 0 spiro atoms. The third-order valence-corrected chi connectivity index (χ3v) is 3.21. The quantitative estimate of drug-likeness (QED) is 0.732. The number of hydrogen-bond donors (Lipinski definition) is 0. The number of hydrogen-bond acceptors (Lipinski definition) is 2. The zero-order valence-electron chi connectivity index (χ0n) is 10.1. The molecule has 16 heavy (non-hydrogen) atoms. The molecule has 2 aromatic rings. The number of rotatable bonds is 1. The fraction of sp³-hybridized carbons (Fsp3) is 0.538. The molecule has 2 aromatic heterocycles. The van der Waals surface area contributed by atoms with E-state index in [1.54, 1.807) is 0 Å². The topological polar surface area (TPSA) is 30.7 Å². The first-order valence-electron chi connectivity index (χ1n) is 5.90. The molecule has 0 radical (unpaired) electrons. The molecule has 0 aromatic carbocycles. The molecule has 3 heteroatoms. The van der Waals surface area contributed by atoms with Crippen molar-refractivity contribution in [3.63, 3.8) is 0 Å². The fourth-order valence-corrected chi connectivity index (χ4v) is 2.15. The summed E-state index contributed by atoms with van der Waals surface area (Å²) in [6, 6.07) is 2.12. The number of nitrogens with zero attached hydrogens (tertiary/aromatic N) is 3. The molecule has 0 N–H and O–H groups in total. The molecule has 0 saturated heterocycles. The first kappa shape index (κ1) is 9.82. The maximum atomic E-state index is 4.55. The maximum Gasteiger partial charge on any atom is 0.160 e. The van der Waals surface area contributed by atoms with E-state index in [1.807, 2.05) is 12.5 Å². The van der Waals surface area contributed by atoms with Crippen molar-refractivity contribution in [3.8, 4) is 0 Å². The van der Waals surface area contributed by atoms with Gasteiger partial charge in [0.2, 0.25) is 0 Å². The molecule has 1 aliphatic rings. The number of aromatic nitrogens is 3. The molecule has 1 saturated carbocycles. The lowest BCUT2D eigenvalue weighted by Crippen LogP contribution is -2.20. The van der Waals surface area contributed by atoms with Gasteiger partial charge in [-0.3, -0.25) is 0 Å². The van der Waals surface area contributed by atoms with Crippen LogP contribution in [-0.4, -0.2) is 14.5 Å². The Balaban J connectivity index is 2.24. The number of pyridine rings is 1. The molecule has 1 aliphatic carbocycles. The zero-order chi connectivity index (χ0) is 11.3. The summed E-state index contributed by atoms with van der Waals surface area (Å²) in [7, 11) is 0. The SMILES string of the molecule is CC(C)(C)n1cnc2c(C3CC3)ccnc21. The highest BCUT2D eigenvalue weighted by molar-refractivity contribution is 5.76. The van der Waals surface area contributed by atoms with Crippen LogP contribution in [0, 0.1) is 0 Å². The van der Waals surface area contributed by atoms with Crippen molar-refractivity contribution in [2.75, 3.05) is 0 Å². The molecular formula is C13H17N3. The van der Waals surface area contributed by atoms with Crippen molar-refractivity contribution in [2.24, 2.45) is 0 Å². The summed E-state index contributed by atoms with van der Waals surface area (Å²) in [5.41, 5.74) is 3.55. The van der Waals surface area contributed by atoms with Gasteiger partial charge in [0.25, 0.3) is 0 Å². The Morgan fingerprint density at radius 1 is 1.25 bits per heavy atom. The van der Waals surface area contributed by atoms with Gasteiger partial charge in [-0.25, -0.2) is 9.97 Å². The minimum absolute atomic E-state index is 0.0456. The molecule has 3 rings (SSSR count). The Morgan fingerprint density at radius 2 is 2.00 bits per heavy atom. The minimum atomic E-state index is 0.0456. The normalized spacial score (nSPS) is 16.9. The standard InChI is InChI=1S/C13H17N3/c1-13(2,3)16-8-15-11-10(9-4-5-9)6-7-14-12(11)16/h6-9H,4-5H2,1-3H3. The molecule has 3 nitrogen and oxygen atoms in total. The van der Waals surface area contributed by atoms with Crippen LogP contribution in [0.2, 0.25) is 0 Å². The third kappa shape index (κ3) is 1.42. The Kier molecular flexibility index (Phi) is 1.88. The van der Waals surface area contributed by atoms with Crippen LogP contribution in [0.25, 0.3) is 11.2 Å². The van der Waals surface area contributed by atoms with Gasteiger partial charge in [-0.1, -0.05) is 0 Å². The van der Waals surface area contributed by atoms with Crippen molar-refractivity contribution in [1.82, 2.24) is 14.5 Å². The minimum Gasteiger partial charge on any atom is -0.310 e. The second-order valence-corrected chi connectivity index (χ2v) is 5.63. The summed E-state index contributed by atoms with van der Waals surface area (Å²) >= 11 is 0. The maximum absolute atomic E-state index is 4.55. The summed E-state index contributed by atoms with van der Waals surface area (Å²) in [5.74, 6) is 0.730. The lowest BCUT2D eigenvalue weighted by molar-refractivity contribution is 0.406. The lowest BCUT2D eigenvalue weighted by Gasteiger charge is -2.20. The monoisotopic (exact) mass is 215 g/mol. The van der Waals surface area contributed by atoms with Crippen LogP contribution < -0.4 is 0 Å². The van der Waals surface area contributed by atoms with E-state index >= 15 is 0 Å². The number of imidazole rings is 1. The van der Waals surface area contributed by atoms with E-state index < -0.39 is 0 Å². The third-order valence-electron chi connectivity index (χ3n) is 3.21. The Hall–Kier alpha value is -1.38. The lowest BCUT2D eigenvalue weighted by atomic mass is 10.1. The van der Waals surface area contributed by atoms with Crippen molar-refractivity contribution < 1.29 is 0 Å². The molecule has 84 valence electrons. The molecule has 1 fully saturated rings. The van der Waals surface area contributed by atoms with Gasteiger partial charge >= 0.3 is 0 Å². The largest absolute Gasteiger partial charge is 0.310 e. The molecule has 0 bridgehead atoms. The Morgan fingerprint density at radius 3 is 2.62 bits per heavy atom. The van der Waals surface area contributed by atoms with E-state index in [9.17, 15) is 0 Å². The van der Waals surface area contributed by atoms with Gasteiger partial charge in [0.05, 0.1) is 6.33 Å². The number of fused-ring (bicyclic) bond motifs is 1. The second kappa shape index (κ2) is 3.06. The Labute approximate surface area is 95.5 Å². The first-order valence-corrected chi connectivity index (χ1v) is 5.90. The van der Waals surface area contributed by atoms with Crippen LogP contribution >= 0.6 is 0 Å². The molecule has 0 unspecified atom stereocenters. The summed E-state index contributed by atoms with van der Waals surface area (Å²) in [5, 5.41) is 0. The van der Waals surface area contributed by atoms with Crippen molar-refractivity contribution in [3.05, 3.63) is 24.2 Å². The molecule has 0 aliphatic heterocycles. The van der Waals surface area contributed by atoms with E-state index in [0.29, 0.717) is 0 Å². The second-order valence-electron chi connectivity index (χ2n) is 5.63. The van der Waals surface area contributed by atoms with Gasteiger partial charge < -0.3 is 4.57 Å². The van der Waals surface area contributed by atoms with Crippen molar-refractivity contribution in [1.29, 1.82) is 0 Å². The molecular weight excluding hydrogens is 198 g/mol. The fourth-order valence-electron chi connectivity index (χ4n) is 2.15. The van der Waals surface area contributed by atoms with Gasteiger partial charge in [-0.15, -0.1) is 0 Å². The predicted molar refractivity (Wildman–Crippen MR) is 64.5 cm³/mol. The van der Waals surface area contributed by atoms with E-state index in [1.165, 1.54) is 18.4 Å². The van der Waals surface area contributed by atoms with Gasteiger partial charge in [0, 0.05) is 11.7 Å². The van der Waals surface area contributed by atoms with E-state index in [2.05, 4.69) is 41.4 Å². The van der Waals surface area contributed by atoms with E-state index in [4.69, 9.17) is 0 Å². The van der Waals surface area contributed by atoms with Crippen LogP contribution in [0.4, 0.5) is 0 Å². The molecule has 0 amide bonds. The van der Waals surface area contributed by atoms with Crippen LogP contribution in [0.15, 0.2) is 18.6 Å². The van der Waals surface area contributed by atoms with Gasteiger partial charge in [-0.05, 0) is 51.2 Å². The van der Waals surface area contributed by atoms with Crippen LogP contribution in [0.3, 0.4) is 0 Å². The Bertz CT molecular complexity index is 530. The van der Waals surface area contributed by atoms with Crippen LogP contribution in [0.5, 0.6) is 0 Å². The first-order chi connectivity index (χ1) is 7.57. The molecule has 2 heterocycles. The molecule has 0 atom stereocenters. The average molecular weight is 215 g/mol. The summed E-state index contributed by atoms with van der Waals surface area (Å²) < 4.78 is 2.16. The van der Waals surface area contributed by atoms with Crippen LogP contribution in [-0.2, 0) is 5.54 Å². The van der Waals surface area contributed by atoms with Gasteiger partial charge in [-0.2, -0.15) is 0 Å². The van der Waals surface area contributed by atoms with Gasteiger partial charge in [0.15, 0.2) is 5.65 Å². The predicted octanol–water partition coefficient (Wildman–Crippen LogP) is 3.06. The average Bonchev–Trinajstić information content (AvgIpc) is 2.94. The zero-order valence-corrected chi connectivity index (χ0v) is 10.1. The highest BCUT2D eigenvalue weighted by Gasteiger charge is 2.27. The summed E-state index contributed by atoms with van der Waals surface area (Å²) in [6.07, 6.45) is 6.45. The summed E-state index contributed by atoms with van der Waals surface area (Å²) in [4.78, 5) is 9.03. The highest BCUT2D eigenvalue weighted by atomic mass is 15.1. The van der Waals surface area contributed by atoms with E-state index in [-0.39, 0.29) is 5.54 Å². The van der Waals surface area contributed by atoms with Crippen molar-refractivity contribution in [2.45, 2.75) is 45.1 Å². The van der Waals surface area contributed by atoms with Gasteiger partial charge in [0.1, 0.15) is 5.52 Å². The van der Waals surface area contributed by atoms with Crippen molar-refractivity contribution >= 4 is 11.2 Å². The van der Waals surface area contributed by atoms with E-state index in [0.717, 1.165) is 17.1 Å².